The largest absolute Gasteiger partial charge is 0.335 e. The molecule has 0 amide bonds. The minimum atomic E-state index is 0.111. The third kappa shape index (κ3) is 2.00. The summed E-state index contributed by atoms with van der Waals surface area (Å²) in [5, 5.41) is 0. The van der Waals surface area contributed by atoms with Crippen LogP contribution in [0.25, 0.3) is 0 Å². The number of nitrogens with zero attached hydrogens (tertiary/aromatic N) is 1. The van der Waals surface area contributed by atoms with Crippen LogP contribution in [0.2, 0.25) is 0 Å². The molecular formula is C15H22N2. The highest BCUT2D eigenvalue weighted by atomic mass is 15.0. The van der Waals surface area contributed by atoms with Gasteiger partial charge in [0.05, 0.1) is 6.04 Å². The van der Waals surface area contributed by atoms with E-state index in [9.17, 15) is 0 Å². The van der Waals surface area contributed by atoms with Crippen molar-refractivity contribution < 1.29 is 0 Å². The number of rotatable bonds is 1. The Balaban J connectivity index is 2.55. The van der Waals surface area contributed by atoms with Crippen molar-refractivity contribution in [3.63, 3.8) is 0 Å². The Morgan fingerprint density at radius 2 is 2.24 bits per heavy atom. The van der Waals surface area contributed by atoms with E-state index in [1.54, 1.807) is 0 Å². The zero-order chi connectivity index (χ0) is 12.8. The monoisotopic (exact) mass is 230 g/mol. The van der Waals surface area contributed by atoms with Gasteiger partial charge < -0.3 is 10.3 Å². The summed E-state index contributed by atoms with van der Waals surface area (Å²) in [6.07, 6.45) is 7.68. The molecule has 1 aliphatic carbocycles. The van der Waals surface area contributed by atoms with Crippen molar-refractivity contribution in [2.75, 3.05) is 0 Å². The van der Waals surface area contributed by atoms with E-state index in [4.69, 9.17) is 12.2 Å². The van der Waals surface area contributed by atoms with Crippen molar-refractivity contribution in [3.8, 4) is 12.3 Å². The average Bonchev–Trinajstić information content (AvgIpc) is 2.52. The molecule has 0 fully saturated rings. The second-order valence-corrected chi connectivity index (χ2v) is 6.05. The Morgan fingerprint density at radius 3 is 2.82 bits per heavy atom. The molecule has 0 bridgehead atoms. The third-order valence-electron chi connectivity index (χ3n) is 3.81. The van der Waals surface area contributed by atoms with Crippen LogP contribution >= 0.6 is 0 Å². The van der Waals surface area contributed by atoms with E-state index in [2.05, 4.69) is 44.2 Å². The topological polar surface area (TPSA) is 30.9 Å². The van der Waals surface area contributed by atoms with Crippen LogP contribution in [-0.2, 0) is 6.42 Å². The minimum Gasteiger partial charge on any atom is -0.335 e. The maximum atomic E-state index is 6.28. The van der Waals surface area contributed by atoms with Gasteiger partial charge in [0, 0.05) is 17.4 Å². The second-order valence-electron chi connectivity index (χ2n) is 6.05. The van der Waals surface area contributed by atoms with Gasteiger partial charge in [0.25, 0.3) is 0 Å². The first kappa shape index (κ1) is 12.3. The summed E-state index contributed by atoms with van der Waals surface area (Å²) < 4.78 is 2.27. The van der Waals surface area contributed by atoms with Crippen LogP contribution in [0.4, 0.5) is 0 Å². The van der Waals surface area contributed by atoms with Gasteiger partial charge in [-0.1, -0.05) is 19.8 Å². The molecule has 0 saturated carbocycles. The van der Waals surface area contributed by atoms with Crippen molar-refractivity contribution >= 4 is 0 Å². The number of hydrogen-bond acceptors (Lipinski definition) is 1. The van der Waals surface area contributed by atoms with Crippen LogP contribution in [0.3, 0.4) is 0 Å². The lowest BCUT2D eigenvalue weighted by Gasteiger charge is -2.35. The van der Waals surface area contributed by atoms with Crippen molar-refractivity contribution in [3.05, 3.63) is 23.0 Å². The molecule has 0 radical (unpaired) electrons. The summed E-state index contributed by atoms with van der Waals surface area (Å²) in [4.78, 5) is 0. The summed E-state index contributed by atoms with van der Waals surface area (Å²) in [5.41, 5.74) is 10.4. The van der Waals surface area contributed by atoms with Crippen LogP contribution in [-0.4, -0.2) is 4.57 Å². The first-order chi connectivity index (χ1) is 7.85. The predicted molar refractivity (Wildman–Crippen MR) is 71.7 cm³/mol. The Hall–Kier alpha value is -1.20. The van der Waals surface area contributed by atoms with Crippen molar-refractivity contribution in [2.24, 2.45) is 11.1 Å². The van der Waals surface area contributed by atoms with E-state index in [0.29, 0.717) is 0 Å². The molecule has 0 saturated heterocycles. The van der Waals surface area contributed by atoms with Gasteiger partial charge in [0.2, 0.25) is 0 Å². The number of aromatic nitrogens is 1. The standard InChI is InChI=1S/C15H22N2/c1-6-10(2)17-11(3)7-12-13(16)8-15(4,5)9-14(12)17/h1,7,10,13H,8-9,16H2,2-5H3. The molecule has 0 spiro atoms. The Morgan fingerprint density at radius 1 is 1.59 bits per heavy atom. The first-order valence-corrected chi connectivity index (χ1v) is 6.28. The number of terminal acetylenes is 1. The summed E-state index contributed by atoms with van der Waals surface area (Å²) in [6, 6.07) is 2.47. The van der Waals surface area contributed by atoms with Crippen LogP contribution in [0, 0.1) is 24.7 Å². The molecule has 1 aromatic rings. The highest BCUT2D eigenvalue weighted by Gasteiger charge is 2.33. The molecule has 2 heteroatoms. The fourth-order valence-electron chi connectivity index (χ4n) is 3.08. The Kier molecular flexibility index (Phi) is 2.83. The number of nitrogens with two attached hydrogens (primary N) is 1. The maximum Gasteiger partial charge on any atom is 0.0915 e. The molecular weight excluding hydrogens is 208 g/mol. The van der Waals surface area contributed by atoms with Crippen LogP contribution in [0.5, 0.6) is 0 Å². The number of aryl methyl sites for hydroxylation is 1. The summed E-state index contributed by atoms with van der Waals surface area (Å²) in [7, 11) is 0. The molecule has 1 aromatic heterocycles. The molecule has 17 heavy (non-hydrogen) atoms. The third-order valence-corrected chi connectivity index (χ3v) is 3.81. The SMILES string of the molecule is C#CC(C)n1c(C)cc2c1CC(C)(C)CC2N. The van der Waals surface area contributed by atoms with Crippen molar-refractivity contribution in [1.82, 2.24) is 4.57 Å². The van der Waals surface area contributed by atoms with E-state index in [0.717, 1.165) is 12.8 Å². The maximum absolute atomic E-state index is 6.28. The molecule has 2 N–H and O–H groups in total. The smallest absolute Gasteiger partial charge is 0.0915 e. The van der Waals surface area contributed by atoms with E-state index in [1.165, 1.54) is 17.0 Å². The quantitative estimate of drug-likeness (QED) is 0.739. The highest BCUT2D eigenvalue weighted by molar-refractivity contribution is 5.35. The van der Waals surface area contributed by atoms with E-state index >= 15 is 0 Å². The summed E-state index contributed by atoms with van der Waals surface area (Å²) >= 11 is 0. The predicted octanol–water partition coefficient (Wildman–Crippen LogP) is 2.96. The van der Waals surface area contributed by atoms with Gasteiger partial charge in [-0.2, -0.15) is 0 Å². The van der Waals surface area contributed by atoms with Gasteiger partial charge in [-0.15, -0.1) is 6.42 Å². The molecule has 1 aliphatic rings. The van der Waals surface area contributed by atoms with Gasteiger partial charge in [-0.3, -0.25) is 0 Å². The molecule has 0 aromatic carbocycles. The molecule has 2 rings (SSSR count). The second kappa shape index (κ2) is 3.92. The van der Waals surface area contributed by atoms with E-state index in [-0.39, 0.29) is 17.5 Å². The van der Waals surface area contributed by atoms with Gasteiger partial charge in [0.1, 0.15) is 0 Å². The van der Waals surface area contributed by atoms with Crippen molar-refractivity contribution in [2.45, 2.75) is 52.6 Å². The van der Waals surface area contributed by atoms with E-state index in [1.807, 2.05) is 0 Å². The van der Waals surface area contributed by atoms with Crippen LogP contribution in [0.15, 0.2) is 6.07 Å². The summed E-state index contributed by atoms with van der Waals surface area (Å²) in [5.74, 6) is 2.82. The normalized spacial score (nSPS) is 23.9. The van der Waals surface area contributed by atoms with Gasteiger partial charge in [-0.25, -0.2) is 0 Å². The van der Waals surface area contributed by atoms with E-state index < -0.39 is 0 Å². The van der Waals surface area contributed by atoms with Gasteiger partial charge >= 0.3 is 0 Å². The fraction of sp³-hybridized carbons (Fsp3) is 0.600. The Labute approximate surface area is 104 Å². The minimum absolute atomic E-state index is 0.111. The van der Waals surface area contributed by atoms with Crippen molar-refractivity contribution in [1.29, 1.82) is 0 Å². The van der Waals surface area contributed by atoms with Crippen LogP contribution in [0.1, 0.15) is 56.2 Å². The zero-order valence-corrected chi connectivity index (χ0v) is 11.2. The molecule has 2 unspecified atom stereocenters. The Bertz CT molecular complexity index is 474. The average molecular weight is 230 g/mol. The van der Waals surface area contributed by atoms with Gasteiger partial charge in [-0.05, 0) is 43.7 Å². The number of fused-ring (bicyclic) bond motifs is 1. The summed E-state index contributed by atoms with van der Waals surface area (Å²) in [6.45, 7) is 8.75. The highest BCUT2D eigenvalue weighted by Crippen LogP contribution is 2.41. The lowest BCUT2D eigenvalue weighted by molar-refractivity contribution is 0.274. The van der Waals surface area contributed by atoms with Crippen LogP contribution < -0.4 is 5.73 Å². The zero-order valence-electron chi connectivity index (χ0n) is 11.2. The molecule has 2 atom stereocenters. The molecule has 1 heterocycles. The fourth-order valence-corrected chi connectivity index (χ4v) is 3.08. The van der Waals surface area contributed by atoms with Gasteiger partial charge in [0.15, 0.2) is 0 Å². The number of hydrogen-bond donors (Lipinski definition) is 1. The molecule has 92 valence electrons. The molecule has 0 aliphatic heterocycles. The molecule has 2 nitrogen and oxygen atoms in total. The lowest BCUT2D eigenvalue weighted by atomic mass is 9.74. The first-order valence-electron chi connectivity index (χ1n) is 6.28. The lowest BCUT2D eigenvalue weighted by Crippen LogP contribution is -2.30.